The molecule has 1 aromatic rings. The minimum atomic E-state index is -2.86. The molecular weight excluding hydrogens is 322 g/mol. The Bertz CT molecular complexity index is 695. The summed E-state index contributed by atoms with van der Waals surface area (Å²) in [5.41, 5.74) is 4.30. The van der Waals surface area contributed by atoms with Crippen LogP contribution < -0.4 is 0 Å². The van der Waals surface area contributed by atoms with Crippen LogP contribution in [-0.2, 0) is 34.0 Å². The normalized spacial score (nSPS) is 28.5. The summed E-state index contributed by atoms with van der Waals surface area (Å²) in [6.07, 6.45) is 6.91. The van der Waals surface area contributed by atoms with Crippen LogP contribution in [0.3, 0.4) is 0 Å². The molecule has 0 aromatic heterocycles. The fraction of sp³-hybridized carbons (Fsp3) is 0.684. The molecule has 4 nitrogen and oxygen atoms in total. The number of nitrogens with zero attached hydrogens (tertiary/aromatic N) is 1. The van der Waals surface area contributed by atoms with Crippen molar-refractivity contribution < 1.29 is 13.2 Å². The molecule has 132 valence electrons. The number of fused-ring (bicyclic) bond motifs is 1. The number of rotatable bonds is 5. The van der Waals surface area contributed by atoms with E-state index in [4.69, 9.17) is 4.74 Å². The van der Waals surface area contributed by atoms with E-state index < -0.39 is 9.84 Å². The molecule has 2 atom stereocenters. The van der Waals surface area contributed by atoms with Crippen LogP contribution >= 0.6 is 0 Å². The molecule has 2 heterocycles. The monoisotopic (exact) mass is 349 g/mol. The molecule has 0 saturated carbocycles. The first kappa shape index (κ1) is 16.6. The summed E-state index contributed by atoms with van der Waals surface area (Å²) < 4.78 is 29.7. The lowest BCUT2D eigenvalue weighted by Gasteiger charge is -2.30. The Balaban J connectivity index is 1.51. The van der Waals surface area contributed by atoms with Crippen molar-refractivity contribution in [2.24, 2.45) is 0 Å². The van der Waals surface area contributed by atoms with Crippen molar-refractivity contribution in [3.05, 3.63) is 34.9 Å². The van der Waals surface area contributed by atoms with Crippen molar-refractivity contribution in [2.75, 3.05) is 24.7 Å². The van der Waals surface area contributed by atoms with Crippen molar-refractivity contribution >= 4 is 9.84 Å². The quantitative estimate of drug-likeness (QED) is 0.819. The molecule has 2 saturated heterocycles. The van der Waals surface area contributed by atoms with Gasteiger partial charge in [-0.1, -0.05) is 18.2 Å². The second kappa shape index (κ2) is 6.77. The van der Waals surface area contributed by atoms with Gasteiger partial charge in [0.15, 0.2) is 9.84 Å². The number of hydrogen-bond donors (Lipinski definition) is 0. The average molecular weight is 349 g/mol. The predicted octanol–water partition coefficient (Wildman–Crippen LogP) is 2.34. The fourth-order valence-corrected chi connectivity index (χ4v) is 6.18. The second-order valence-electron chi connectivity index (χ2n) is 7.58. The lowest BCUT2D eigenvalue weighted by molar-refractivity contribution is 0.0574. The molecule has 2 fully saturated rings. The minimum absolute atomic E-state index is 0.146. The lowest BCUT2D eigenvalue weighted by Crippen LogP contribution is -2.40. The van der Waals surface area contributed by atoms with Crippen LogP contribution in [0, 0.1) is 0 Å². The van der Waals surface area contributed by atoms with Gasteiger partial charge in [0.05, 0.1) is 17.6 Å². The van der Waals surface area contributed by atoms with Crippen LogP contribution in [0.15, 0.2) is 18.2 Å². The highest BCUT2D eigenvalue weighted by atomic mass is 32.2. The van der Waals surface area contributed by atoms with Gasteiger partial charge < -0.3 is 4.74 Å². The molecule has 0 spiro atoms. The van der Waals surface area contributed by atoms with E-state index in [2.05, 4.69) is 23.1 Å². The van der Waals surface area contributed by atoms with Crippen LogP contribution in [0.5, 0.6) is 0 Å². The Morgan fingerprint density at radius 2 is 2.00 bits per heavy atom. The largest absolute Gasteiger partial charge is 0.377 e. The topological polar surface area (TPSA) is 46.6 Å². The van der Waals surface area contributed by atoms with E-state index in [1.165, 1.54) is 36.0 Å². The van der Waals surface area contributed by atoms with E-state index in [-0.39, 0.29) is 12.1 Å². The Hall–Kier alpha value is -0.910. The Morgan fingerprint density at radius 3 is 2.75 bits per heavy atom. The molecule has 0 radical (unpaired) electrons. The van der Waals surface area contributed by atoms with Crippen molar-refractivity contribution in [3.63, 3.8) is 0 Å². The molecule has 0 amide bonds. The van der Waals surface area contributed by atoms with Gasteiger partial charge in [-0.2, -0.15) is 0 Å². The molecular formula is C19H27NO3S. The highest BCUT2D eigenvalue weighted by Crippen LogP contribution is 2.26. The highest BCUT2D eigenvalue weighted by Gasteiger charge is 2.34. The van der Waals surface area contributed by atoms with Crippen LogP contribution in [0.2, 0.25) is 0 Å². The molecule has 4 rings (SSSR count). The van der Waals surface area contributed by atoms with Crippen LogP contribution in [0.25, 0.3) is 0 Å². The summed E-state index contributed by atoms with van der Waals surface area (Å²) >= 11 is 0. The van der Waals surface area contributed by atoms with Crippen LogP contribution in [0.4, 0.5) is 0 Å². The van der Waals surface area contributed by atoms with Gasteiger partial charge in [0.2, 0.25) is 0 Å². The maximum absolute atomic E-state index is 11.9. The van der Waals surface area contributed by atoms with E-state index >= 15 is 0 Å². The third-order valence-electron chi connectivity index (χ3n) is 5.74. The molecule has 0 bridgehead atoms. The summed E-state index contributed by atoms with van der Waals surface area (Å²) in [6, 6.07) is 6.99. The van der Waals surface area contributed by atoms with Crippen molar-refractivity contribution in [3.8, 4) is 0 Å². The Labute approximate surface area is 145 Å². The summed E-state index contributed by atoms with van der Waals surface area (Å²) in [7, 11) is -2.86. The Morgan fingerprint density at radius 1 is 1.12 bits per heavy atom. The maximum Gasteiger partial charge on any atom is 0.151 e. The molecule has 24 heavy (non-hydrogen) atoms. The van der Waals surface area contributed by atoms with Gasteiger partial charge in [-0.3, -0.25) is 4.90 Å². The van der Waals surface area contributed by atoms with Gasteiger partial charge in [0.25, 0.3) is 0 Å². The Kier molecular flexibility index (Phi) is 4.67. The number of hydrogen-bond acceptors (Lipinski definition) is 4. The molecule has 5 heteroatoms. The first-order chi connectivity index (χ1) is 11.6. The summed E-state index contributed by atoms with van der Waals surface area (Å²) in [5, 5.41) is 0. The standard InChI is InChI=1S/C19H27NO3S/c21-24(22)10-8-18(14-24)20(13-19-5-2-9-23-19)12-15-6-7-16-3-1-4-17(16)11-15/h6-7,11,18-19H,1-5,8-10,12-14H2/t18-,19-/m0/s1. The van der Waals surface area contributed by atoms with E-state index in [1.54, 1.807) is 0 Å². The molecule has 1 aliphatic carbocycles. The third kappa shape index (κ3) is 3.68. The predicted molar refractivity (Wildman–Crippen MR) is 94.9 cm³/mol. The first-order valence-electron chi connectivity index (χ1n) is 9.26. The van der Waals surface area contributed by atoms with E-state index in [0.717, 1.165) is 39.0 Å². The number of benzene rings is 1. The van der Waals surface area contributed by atoms with Gasteiger partial charge in [-0.25, -0.2) is 8.42 Å². The fourth-order valence-electron chi connectivity index (χ4n) is 4.41. The van der Waals surface area contributed by atoms with Crippen molar-refractivity contribution in [2.45, 2.75) is 57.2 Å². The van der Waals surface area contributed by atoms with E-state index in [1.807, 2.05) is 0 Å². The smallest absolute Gasteiger partial charge is 0.151 e. The van der Waals surface area contributed by atoms with Gasteiger partial charge in [-0.05, 0) is 55.2 Å². The van der Waals surface area contributed by atoms with Crippen molar-refractivity contribution in [1.82, 2.24) is 4.90 Å². The first-order valence-corrected chi connectivity index (χ1v) is 11.1. The number of sulfone groups is 1. The minimum Gasteiger partial charge on any atom is -0.377 e. The van der Waals surface area contributed by atoms with Crippen LogP contribution in [0.1, 0.15) is 42.4 Å². The lowest BCUT2D eigenvalue weighted by atomic mass is 10.0. The van der Waals surface area contributed by atoms with Crippen molar-refractivity contribution in [1.29, 1.82) is 0 Å². The zero-order valence-corrected chi connectivity index (χ0v) is 15.1. The average Bonchev–Trinajstić information content (AvgIpc) is 3.26. The third-order valence-corrected chi connectivity index (χ3v) is 7.49. The molecule has 1 aromatic carbocycles. The zero-order valence-electron chi connectivity index (χ0n) is 14.2. The summed E-state index contributed by atoms with van der Waals surface area (Å²) in [6.45, 7) is 2.55. The summed E-state index contributed by atoms with van der Waals surface area (Å²) in [5.74, 6) is 0.647. The zero-order chi connectivity index (χ0) is 16.6. The summed E-state index contributed by atoms with van der Waals surface area (Å²) in [4.78, 5) is 2.37. The number of aryl methyl sites for hydroxylation is 2. The highest BCUT2D eigenvalue weighted by molar-refractivity contribution is 7.91. The maximum atomic E-state index is 11.9. The van der Waals surface area contributed by atoms with Gasteiger partial charge >= 0.3 is 0 Å². The SMILES string of the molecule is O=S1(=O)CC[C@H](N(Cc2ccc3c(c2)CCC3)C[C@@H]2CCCO2)C1. The van der Waals surface area contributed by atoms with Gasteiger partial charge in [0, 0.05) is 25.7 Å². The molecule has 0 unspecified atom stereocenters. The second-order valence-corrected chi connectivity index (χ2v) is 9.81. The van der Waals surface area contributed by atoms with E-state index in [9.17, 15) is 8.42 Å². The number of ether oxygens (including phenoxy) is 1. The molecule has 3 aliphatic rings. The van der Waals surface area contributed by atoms with Gasteiger partial charge in [-0.15, -0.1) is 0 Å². The molecule has 0 N–H and O–H groups in total. The van der Waals surface area contributed by atoms with Crippen LogP contribution in [-0.4, -0.2) is 50.1 Å². The van der Waals surface area contributed by atoms with Gasteiger partial charge in [0.1, 0.15) is 0 Å². The van der Waals surface area contributed by atoms with E-state index in [0.29, 0.717) is 11.5 Å². The molecule has 2 aliphatic heterocycles.